The second-order valence-electron chi connectivity index (χ2n) is 7.93. The molecular weight excluding hydrogens is 284 g/mol. The third kappa shape index (κ3) is 5.65. The summed E-state index contributed by atoms with van der Waals surface area (Å²) in [5.41, 5.74) is 1.24. The quantitative estimate of drug-likeness (QED) is 0.871. The van der Waals surface area contributed by atoms with Crippen LogP contribution in [-0.4, -0.2) is 36.0 Å². The second-order valence-corrected chi connectivity index (χ2v) is 7.93. The van der Waals surface area contributed by atoms with Crippen LogP contribution in [0.2, 0.25) is 0 Å². The summed E-state index contributed by atoms with van der Waals surface area (Å²) in [7, 11) is 0. The number of likely N-dealkylation sites (tertiary alicyclic amines) is 1. The molecule has 0 bridgehead atoms. The zero-order chi connectivity index (χ0) is 16.9. The lowest BCUT2D eigenvalue weighted by Crippen LogP contribution is -2.56. The van der Waals surface area contributed by atoms with Crippen molar-refractivity contribution in [3.8, 4) is 0 Å². The fraction of sp³-hybridized carbons (Fsp3) is 0.650. The second kappa shape index (κ2) is 7.96. The Balaban J connectivity index is 1.78. The third-order valence-electron chi connectivity index (χ3n) is 4.93. The molecule has 2 rings (SSSR count). The fourth-order valence-corrected chi connectivity index (χ4v) is 3.57. The molecule has 0 aromatic heterocycles. The van der Waals surface area contributed by atoms with Gasteiger partial charge in [-0.1, -0.05) is 44.2 Å². The van der Waals surface area contributed by atoms with Crippen LogP contribution in [0.1, 0.15) is 46.1 Å². The van der Waals surface area contributed by atoms with E-state index in [-0.39, 0.29) is 11.4 Å². The van der Waals surface area contributed by atoms with Gasteiger partial charge in [-0.25, -0.2) is 0 Å². The molecule has 0 unspecified atom stereocenters. The van der Waals surface area contributed by atoms with Crippen LogP contribution in [0.3, 0.4) is 0 Å². The minimum absolute atomic E-state index is 0.0192. The lowest BCUT2D eigenvalue weighted by molar-refractivity contribution is -0.121. The van der Waals surface area contributed by atoms with Crippen LogP contribution >= 0.6 is 0 Å². The average molecular weight is 316 g/mol. The van der Waals surface area contributed by atoms with Crippen LogP contribution in [0.15, 0.2) is 30.3 Å². The Hall–Kier alpha value is -1.35. The molecule has 0 aliphatic carbocycles. The van der Waals surface area contributed by atoms with E-state index in [0.29, 0.717) is 6.42 Å². The van der Waals surface area contributed by atoms with Crippen molar-refractivity contribution in [1.29, 1.82) is 0 Å². The summed E-state index contributed by atoms with van der Waals surface area (Å²) < 4.78 is 0. The van der Waals surface area contributed by atoms with Gasteiger partial charge < -0.3 is 5.32 Å². The molecule has 2 atom stereocenters. The van der Waals surface area contributed by atoms with Gasteiger partial charge in [-0.15, -0.1) is 0 Å². The minimum Gasteiger partial charge on any atom is -0.354 e. The Kier molecular flexibility index (Phi) is 6.23. The topological polar surface area (TPSA) is 32.3 Å². The van der Waals surface area contributed by atoms with E-state index >= 15 is 0 Å². The number of carbonyl (C=O) groups is 1. The molecule has 1 fully saturated rings. The Labute approximate surface area is 141 Å². The first-order chi connectivity index (χ1) is 10.9. The standard InChI is InChI=1S/C20H32N2O/c1-16-12-17(2)14-22(13-16)20(3,4)15-21-19(23)11-10-18-8-6-5-7-9-18/h5-9,16-17H,10-15H2,1-4H3,(H,21,23)/t16-,17-/m1/s1. The maximum atomic E-state index is 12.1. The van der Waals surface area contributed by atoms with E-state index < -0.39 is 0 Å². The van der Waals surface area contributed by atoms with Crippen molar-refractivity contribution in [2.24, 2.45) is 11.8 Å². The molecule has 1 heterocycles. The normalized spacial score (nSPS) is 22.8. The molecule has 1 aromatic carbocycles. The number of nitrogens with one attached hydrogen (secondary N) is 1. The summed E-state index contributed by atoms with van der Waals surface area (Å²) in [6.45, 7) is 12.1. The van der Waals surface area contributed by atoms with Gasteiger partial charge in [0.2, 0.25) is 5.91 Å². The summed E-state index contributed by atoms with van der Waals surface area (Å²) in [6, 6.07) is 10.2. The van der Waals surface area contributed by atoms with Gasteiger partial charge in [-0.05, 0) is 44.1 Å². The average Bonchev–Trinajstić information content (AvgIpc) is 2.51. The Bertz CT molecular complexity index is 488. The van der Waals surface area contributed by atoms with Gasteiger partial charge in [0.1, 0.15) is 0 Å². The van der Waals surface area contributed by atoms with Crippen molar-refractivity contribution in [2.75, 3.05) is 19.6 Å². The number of nitrogens with zero attached hydrogens (tertiary/aromatic N) is 1. The molecular formula is C20H32N2O. The van der Waals surface area contributed by atoms with Gasteiger partial charge in [-0.2, -0.15) is 0 Å². The molecule has 0 spiro atoms. The Morgan fingerprint density at radius 3 is 2.39 bits per heavy atom. The van der Waals surface area contributed by atoms with Gasteiger partial charge in [0.05, 0.1) is 0 Å². The van der Waals surface area contributed by atoms with Gasteiger partial charge in [-0.3, -0.25) is 9.69 Å². The first-order valence-corrected chi connectivity index (χ1v) is 8.92. The molecule has 3 nitrogen and oxygen atoms in total. The maximum Gasteiger partial charge on any atom is 0.220 e. The van der Waals surface area contributed by atoms with Gasteiger partial charge in [0, 0.05) is 31.6 Å². The van der Waals surface area contributed by atoms with Crippen molar-refractivity contribution in [3.05, 3.63) is 35.9 Å². The van der Waals surface area contributed by atoms with E-state index in [1.54, 1.807) is 0 Å². The SMILES string of the molecule is C[C@@H]1C[C@@H](C)CN(C(C)(C)CNC(=O)CCc2ccccc2)C1. The number of benzene rings is 1. The van der Waals surface area contributed by atoms with Crippen molar-refractivity contribution >= 4 is 5.91 Å². The predicted molar refractivity (Wildman–Crippen MR) is 96.4 cm³/mol. The monoisotopic (exact) mass is 316 g/mol. The molecule has 3 heteroatoms. The summed E-state index contributed by atoms with van der Waals surface area (Å²) in [5, 5.41) is 3.14. The summed E-state index contributed by atoms with van der Waals surface area (Å²) in [5.74, 6) is 1.64. The molecule has 1 aliphatic heterocycles. The smallest absolute Gasteiger partial charge is 0.220 e. The van der Waals surface area contributed by atoms with E-state index in [0.717, 1.165) is 37.9 Å². The van der Waals surface area contributed by atoms with E-state index in [1.165, 1.54) is 12.0 Å². The molecule has 1 aromatic rings. The maximum absolute atomic E-state index is 12.1. The van der Waals surface area contributed by atoms with Gasteiger partial charge in [0.25, 0.3) is 0 Å². The molecule has 1 saturated heterocycles. The molecule has 0 saturated carbocycles. The predicted octanol–water partition coefficient (Wildman–Crippen LogP) is 3.49. The third-order valence-corrected chi connectivity index (χ3v) is 4.93. The number of piperidine rings is 1. The summed E-state index contributed by atoms with van der Waals surface area (Å²) in [4.78, 5) is 14.7. The van der Waals surface area contributed by atoms with E-state index in [9.17, 15) is 4.79 Å². The first-order valence-electron chi connectivity index (χ1n) is 8.92. The molecule has 1 amide bonds. The van der Waals surface area contributed by atoms with Crippen molar-refractivity contribution < 1.29 is 4.79 Å². The van der Waals surface area contributed by atoms with E-state index in [1.807, 2.05) is 18.2 Å². The summed E-state index contributed by atoms with van der Waals surface area (Å²) >= 11 is 0. The largest absolute Gasteiger partial charge is 0.354 e. The molecule has 1 N–H and O–H groups in total. The highest BCUT2D eigenvalue weighted by Crippen LogP contribution is 2.26. The van der Waals surface area contributed by atoms with Gasteiger partial charge in [0.15, 0.2) is 0 Å². The zero-order valence-electron chi connectivity index (χ0n) is 15.1. The fourth-order valence-electron chi connectivity index (χ4n) is 3.57. The molecule has 128 valence electrons. The molecule has 1 aliphatic rings. The number of hydrogen-bond donors (Lipinski definition) is 1. The minimum atomic E-state index is 0.0192. The highest BCUT2D eigenvalue weighted by molar-refractivity contribution is 5.76. The lowest BCUT2D eigenvalue weighted by atomic mass is 9.88. The van der Waals surface area contributed by atoms with Crippen LogP contribution in [0.25, 0.3) is 0 Å². The first kappa shape index (κ1) is 18.0. The highest BCUT2D eigenvalue weighted by atomic mass is 16.1. The van der Waals surface area contributed by atoms with E-state index in [2.05, 4.69) is 50.0 Å². The van der Waals surface area contributed by atoms with Crippen LogP contribution in [-0.2, 0) is 11.2 Å². The number of aryl methyl sites for hydroxylation is 1. The molecule has 0 radical (unpaired) electrons. The van der Waals surface area contributed by atoms with Crippen LogP contribution in [0.5, 0.6) is 0 Å². The van der Waals surface area contributed by atoms with Crippen LogP contribution < -0.4 is 5.32 Å². The lowest BCUT2D eigenvalue weighted by Gasteiger charge is -2.45. The van der Waals surface area contributed by atoms with Gasteiger partial charge >= 0.3 is 0 Å². The highest BCUT2D eigenvalue weighted by Gasteiger charge is 2.32. The number of rotatable bonds is 6. The van der Waals surface area contributed by atoms with Crippen molar-refractivity contribution in [1.82, 2.24) is 10.2 Å². The Morgan fingerprint density at radius 2 is 1.78 bits per heavy atom. The Morgan fingerprint density at radius 1 is 1.17 bits per heavy atom. The summed E-state index contributed by atoms with van der Waals surface area (Å²) in [6.07, 6.45) is 2.69. The number of carbonyl (C=O) groups excluding carboxylic acids is 1. The molecule has 23 heavy (non-hydrogen) atoms. The van der Waals surface area contributed by atoms with E-state index in [4.69, 9.17) is 0 Å². The van der Waals surface area contributed by atoms with Crippen molar-refractivity contribution in [3.63, 3.8) is 0 Å². The number of amides is 1. The van der Waals surface area contributed by atoms with Crippen molar-refractivity contribution in [2.45, 2.75) is 52.5 Å². The number of hydrogen-bond acceptors (Lipinski definition) is 2. The zero-order valence-corrected chi connectivity index (χ0v) is 15.1. The van der Waals surface area contributed by atoms with Crippen LogP contribution in [0.4, 0.5) is 0 Å². The van der Waals surface area contributed by atoms with Crippen LogP contribution in [0, 0.1) is 11.8 Å².